The zero-order valence-corrected chi connectivity index (χ0v) is 12.5. The van der Waals surface area contributed by atoms with Crippen LogP contribution in [-0.2, 0) is 6.54 Å². The number of nitrogens with zero attached hydrogens (tertiary/aromatic N) is 1. The van der Waals surface area contributed by atoms with Gasteiger partial charge in [0.05, 0.1) is 16.9 Å². The first kappa shape index (κ1) is 13.1. The minimum absolute atomic E-state index is 0.140. The number of rotatable bonds is 3. The predicted molar refractivity (Wildman–Crippen MR) is 84.3 cm³/mol. The minimum Gasteiger partial charge on any atom is -0.396 e. The Labute approximate surface area is 124 Å². The highest BCUT2D eigenvalue weighted by Crippen LogP contribution is 2.31. The molecule has 0 saturated carbocycles. The molecule has 20 heavy (non-hydrogen) atoms. The molecule has 0 fully saturated rings. The Hall–Kier alpha value is -1.92. The molecule has 0 aliphatic heterocycles. The van der Waals surface area contributed by atoms with Crippen LogP contribution in [0.4, 0.5) is 5.69 Å². The molecule has 0 aromatic carbocycles. The highest BCUT2D eigenvalue weighted by molar-refractivity contribution is 7.21. The van der Waals surface area contributed by atoms with E-state index in [-0.39, 0.29) is 5.91 Å². The molecule has 3 heterocycles. The van der Waals surface area contributed by atoms with Gasteiger partial charge in [-0.1, -0.05) is 0 Å². The number of aromatic nitrogens is 1. The molecule has 3 aromatic heterocycles. The lowest BCUT2D eigenvalue weighted by Crippen LogP contribution is -2.22. The molecule has 0 saturated heterocycles. The van der Waals surface area contributed by atoms with E-state index in [1.807, 2.05) is 30.5 Å². The van der Waals surface area contributed by atoms with E-state index in [2.05, 4.69) is 10.3 Å². The number of anilines is 1. The molecule has 3 N–H and O–H groups in total. The van der Waals surface area contributed by atoms with Gasteiger partial charge in [0.2, 0.25) is 0 Å². The number of hydrogen-bond donors (Lipinski definition) is 2. The van der Waals surface area contributed by atoms with Crippen molar-refractivity contribution in [3.05, 3.63) is 45.1 Å². The Morgan fingerprint density at radius 2 is 2.30 bits per heavy atom. The van der Waals surface area contributed by atoms with E-state index in [4.69, 9.17) is 5.73 Å². The predicted octanol–water partition coefficient (Wildman–Crippen LogP) is 3.18. The Morgan fingerprint density at radius 3 is 3.00 bits per heavy atom. The van der Waals surface area contributed by atoms with Crippen molar-refractivity contribution in [1.29, 1.82) is 0 Å². The van der Waals surface area contributed by atoms with Crippen molar-refractivity contribution >= 4 is 44.5 Å². The van der Waals surface area contributed by atoms with Crippen molar-refractivity contribution < 1.29 is 4.79 Å². The average Bonchev–Trinajstić information content (AvgIpc) is 3.01. The number of nitrogens with one attached hydrogen (secondary N) is 1. The van der Waals surface area contributed by atoms with Crippen LogP contribution < -0.4 is 11.1 Å². The van der Waals surface area contributed by atoms with E-state index in [0.29, 0.717) is 22.6 Å². The van der Waals surface area contributed by atoms with Crippen molar-refractivity contribution in [2.75, 3.05) is 5.73 Å². The van der Waals surface area contributed by atoms with E-state index >= 15 is 0 Å². The fraction of sp³-hybridized carbons (Fsp3) is 0.143. The van der Waals surface area contributed by atoms with Gasteiger partial charge in [-0.05, 0) is 36.1 Å². The van der Waals surface area contributed by atoms with Crippen molar-refractivity contribution in [1.82, 2.24) is 10.3 Å². The monoisotopic (exact) mass is 303 g/mol. The number of thiophene rings is 2. The van der Waals surface area contributed by atoms with Crippen molar-refractivity contribution in [3.8, 4) is 0 Å². The molecular formula is C14H13N3OS2. The summed E-state index contributed by atoms with van der Waals surface area (Å²) in [6.07, 6.45) is 1.68. The fourth-order valence-electron chi connectivity index (χ4n) is 1.94. The van der Waals surface area contributed by atoms with E-state index in [1.54, 1.807) is 17.5 Å². The number of fused-ring (bicyclic) bond motifs is 1. The third-order valence-corrected chi connectivity index (χ3v) is 5.25. The number of aryl methyl sites for hydroxylation is 1. The van der Waals surface area contributed by atoms with Crippen molar-refractivity contribution in [2.45, 2.75) is 13.5 Å². The Balaban J connectivity index is 1.82. The molecule has 6 heteroatoms. The third-order valence-electron chi connectivity index (χ3n) is 3.07. The van der Waals surface area contributed by atoms with Crippen LogP contribution in [0.2, 0.25) is 0 Å². The topological polar surface area (TPSA) is 68.0 Å². The summed E-state index contributed by atoms with van der Waals surface area (Å²) < 4.78 is 0.933. The highest BCUT2D eigenvalue weighted by atomic mass is 32.1. The first-order chi connectivity index (χ1) is 9.66. The summed E-state index contributed by atoms with van der Waals surface area (Å²) >= 11 is 3.02. The lowest BCUT2D eigenvalue weighted by molar-refractivity contribution is 0.0956. The van der Waals surface area contributed by atoms with Crippen molar-refractivity contribution in [3.63, 3.8) is 0 Å². The lowest BCUT2D eigenvalue weighted by Gasteiger charge is -2.03. The quantitative estimate of drug-likeness (QED) is 0.781. The standard InChI is InChI=1S/C14H13N3OS2/c1-8-4-6-19-10(8)7-17-14(18)13-11(15)12-9(20-13)3-2-5-16-12/h2-6H,7,15H2,1H3,(H,17,18). The van der Waals surface area contributed by atoms with Gasteiger partial charge < -0.3 is 11.1 Å². The second-order valence-corrected chi connectivity index (χ2v) is 6.46. The van der Waals surface area contributed by atoms with Crippen LogP contribution in [0, 0.1) is 6.92 Å². The molecule has 1 amide bonds. The summed E-state index contributed by atoms with van der Waals surface area (Å²) in [7, 11) is 0. The number of pyridine rings is 1. The molecule has 3 aromatic rings. The molecule has 0 spiro atoms. The molecule has 0 bridgehead atoms. The average molecular weight is 303 g/mol. The Morgan fingerprint density at radius 1 is 1.45 bits per heavy atom. The maximum atomic E-state index is 12.2. The molecule has 0 aliphatic carbocycles. The third kappa shape index (κ3) is 2.28. The maximum absolute atomic E-state index is 12.2. The first-order valence-electron chi connectivity index (χ1n) is 6.11. The summed E-state index contributed by atoms with van der Waals surface area (Å²) in [6, 6.07) is 5.81. The second-order valence-electron chi connectivity index (χ2n) is 4.40. The molecular weight excluding hydrogens is 290 g/mol. The number of amides is 1. The van der Waals surface area contributed by atoms with E-state index < -0.39 is 0 Å². The van der Waals surface area contributed by atoms with Gasteiger partial charge in [-0.15, -0.1) is 22.7 Å². The summed E-state index contributed by atoms with van der Waals surface area (Å²) in [5.41, 5.74) is 8.37. The summed E-state index contributed by atoms with van der Waals surface area (Å²) in [6.45, 7) is 2.57. The number of hydrogen-bond acceptors (Lipinski definition) is 5. The second kappa shape index (κ2) is 5.22. The zero-order chi connectivity index (χ0) is 14.1. The molecule has 0 aliphatic rings. The number of carbonyl (C=O) groups excluding carboxylic acids is 1. The summed E-state index contributed by atoms with van der Waals surface area (Å²) in [5.74, 6) is -0.140. The Kier molecular flexibility index (Phi) is 3.42. The Bertz CT molecular complexity index is 776. The van der Waals surface area contributed by atoms with Crippen LogP contribution >= 0.6 is 22.7 Å². The van der Waals surface area contributed by atoms with Gasteiger partial charge >= 0.3 is 0 Å². The SMILES string of the molecule is Cc1ccsc1CNC(=O)c1sc2cccnc2c1N. The van der Waals surface area contributed by atoms with Gasteiger partial charge in [0.15, 0.2) is 0 Å². The van der Waals surface area contributed by atoms with Crippen LogP contribution in [0.5, 0.6) is 0 Å². The minimum atomic E-state index is -0.140. The highest BCUT2D eigenvalue weighted by Gasteiger charge is 2.17. The van der Waals surface area contributed by atoms with Gasteiger partial charge in [-0.2, -0.15) is 0 Å². The normalized spacial score (nSPS) is 10.8. The molecule has 4 nitrogen and oxygen atoms in total. The lowest BCUT2D eigenvalue weighted by atomic mass is 10.3. The van der Waals surface area contributed by atoms with Gasteiger partial charge in [-0.25, -0.2) is 0 Å². The van der Waals surface area contributed by atoms with Gasteiger partial charge in [0.25, 0.3) is 5.91 Å². The van der Waals surface area contributed by atoms with Crippen LogP contribution in [0.1, 0.15) is 20.1 Å². The van der Waals surface area contributed by atoms with E-state index in [9.17, 15) is 4.79 Å². The molecule has 102 valence electrons. The van der Waals surface area contributed by atoms with Gasteiger partial charge in [0, 0.05) is 11.1 Å². The van der Waals surface area contributed by atoms with Crippen LogP contribution in [0.15, 0.2) is 29.8 Å². The van der Waals surface area contributed by atoms with E-state index in [1.165, 1.54) is 16.9 Å². The maximum Gasteiger partial charge on any atom is 0.263 e. The smallest absolute Gasteiger partial charge is 0.263 e. The van der Waals surface area contributed by atoms with Crippen LogP contribution in [0.25, 0.3) is 10.2 Å². The summed E-state index contributed by atoms with van der Waals surface area (Å²) in [4.78, 5) is 18.2. The largest absolute Gasteiger partial charge is 0.396 e. The van der Waals surface area contributed by atoms with Crippen molar-refractivity contribution in [2.24, 2.45) is 0 Å². The number of nitrogens with two attached hydrogens (primary N) is 1. The number of nitrogen functional groups attached to an aromatic ring is 1. The van der Waals surface area contributed by atoms with E-state index in [0.717, 1.165) is 9.58 Å². The molecule has 0 unspecified atom stereocenters. The molecule has 0 radical (unpaired) electrons. The first-order valence-corrected chi connectivity index (χ1v) is 7.80. The van der Waals surface area contributed by atoms with Gasteiger partial charge in [-0.3, -0.25) is 9.78 Å². The summed E-state index contributed by atoms with van der Waals surface area (Å²) in [5, 5.41) is 4.94. The van der Waals surface area contributed by atoms with Gasteiger partial charge in [0.1, 0.15) is 10.4 Å². The number of carbonyl (C=O) groups is 1. The van der Waals surface area contributed by atoms with Crippen LogP contribution in [0.3, 0.4) is 0 Å². The molecule has 3 rings (SSSR count). The zero-order valence-electron chi connectivity index (χ0n) is 10.8. The van der Waals surface area contributed by atoms with Crippen LogP contribution in [-0.4, -0.2) is 10.9 Å². The fourth-order valence-corrected chi connectivity index (χ4v) is 3.79. The molecule has 0 atom stereocenters.